The predicted octanol–water partition coefficient (Wildman–Crippen LogP) is 5.36. The second-order valence-corrected chi connectivity index (χ2v) is 7.87. The Morgan fingerprint density at radius 1 is 0.844 bits per heavy atom. The molecule has 1 N–H and O–H groups in total. The number of nitrogens with zero attached hydrogens (tertiary/aromatic N) is 2. The summed E-state index contributed by atoms with van der Waals surface area (Å²) in [6.45, 7) is 0.883. The second kappa shape index (κ2) is 11.1. The van der Waals surface area contributed by atoms with Crippen LogP contribution >= 0.6 is 11.6 Å². The van der Waals surface area contributed by atoms with Gasteiger partial charge < -0.3 is 14.6 Å². The standard InChI is InChI=1S/C26H25ClN2O3/c27-22-12-7-13-23(16-22)29-24(14-15-28-29)26(32-18-21-10-5-2-6-11-21)25(30)19-31-17-20-8-3-1-4-9-20/h1-16,25-26,30H,17-19H2/t25-,26+/m1/s1. The number of halogens is 1. The van der Waals surface area contributed by atoms with E-state index in [4.69, 9.17) is 21.1 Å². The lowest BCUT2D eigenvalue weighted by atomic mass is 10.1. The molecule has 164 valence electrons. The van der Waals surface area contributed by atoms with E-state index in [2.05, 4.69) is 5.10 Å². The van der Waals surface area contributed by atoms with Crippen molar-refractivity contribution < 1.29 is 14.6 Å². The summed E-state index contributed by atoms with van der Waals surface area (Å²) in [6, 6.07) is 29.0. The number of aliphatic hydroxyl groups excluding tert-OH is 1. The summed E-state index contributed by atoms with van der Waals surface area (Å²) < 4.78 is 13.7. The predicted molar refractivity (Wildman–Crippen MR) is 125 cm³/mol. The van der Waals surface area contributed by atoms with Crippen LogP contribution in [0.25, 0.3) is 5.69 Å². The molecule has 3 aromatic carbocycles. The van der Waals surface area contributed by atoms with Gasteiger partial charge in [-0.25, -0.2) is 4.68 Å². The van der Waals surface area contributed by atoms with Gasteiger partial charge in [-0.2, -0.15) is 5.10 Å². The lowest BCUT2D eigenvalue weighted by molar-refractivity contribution is -0.0855. The smallest absolute Gasteiger partial charge is 0.128 e. The molecule has 0 aliphatic heterocycles. The van der Waals surface area contributed by atoms with E-state index in [1.807, 2.05) is 91.0 Å². The molecule has 6 heteroatoms. The summed E-state index contributed by atoms with van der Waals surface area (Å²) >= 11 is 6.18. The van der Waals surface area contributed by atoms with Crippen LogP contribution in [-0.2, 0) is 22.7 Å². The van der Waals surface area contributed by atoms with Gasteiger partial charge in [0.1, 0.15) is 12.2 Å². The summed E-state index contributed by atoms with van der Waals surface area (Å²) in [5.41, 5.74) is 3.58. The third-order valence-corrected chi connectivity index (χ3v) is 5.27. The molecule has 4 aromatic rings. The highest BCUT2D eigenvalue weighted by atomic mass is 35.5. The summed E-state index contributed by atoms with van der Waals surface area (Å²) in [5.74, 6) is 0. The molecule has 0 saturated heterocycles. The molecular formula is C26H25ClN2O3. The lowest BCUT2D eigenvalue weighted by Gasteiger charge is -2.24. The fourth-order valence-electron chi connectivity index (χ4n) is 3.47. The molecule has 0 aliphatic rings. The Bertz CT molecular complexity index is 1100. The van der Waals surface area contributed by atoms with Crippen molar-refractivity contribution in [1.29, 1.82) is 0 Å². The zero-order chi connectivity index (χ0) is 22.2. The quantitative estimate of drug-likeness (QED) is 0.355. The molecule has 0 unspecified atom stereocenters. The Balaban J connectivity index is 1.53. The highest BCUT2D eigenvalue weighted by molar-refractivity contribution is 6.30. The third-order valence-electron chi connectivity index (χ3n) is 5.04. The van der Waals surface area contributed by atoms with Crippen molar-refractivity contribution in [2.45, 2.75) is 25.4 Å². The number of aromatic nitrogens is 2. The van der Waals surface area contributed by atoms with E-state index in [1.165, 1.54) is 0 Å². The van der Waals surface area contributed by atoms with E-state index in [0.717, 1.165) is 22.5 Å². The van der Waals surface area contributed by atoms with Crippen molar-refractivity contribution in [2.75, 3.05) is 6.61 Å². The van der Waals surface area contributed by atoms with Crippen molar-refractivity contribution in [2.24, 2.45) is 0 Å². The average Bonchev–Trinajstić information content (AvgIpc) is 3.30. The molecule has 4 rings (SSSR count). The monoisotopic (exact) mass is 448 g/mol. The number of aliphatic hydroxyl groups is 1. The van der Waals surface area contributed by atoms with Crippen LogP contribution in [0, 0.1) is 0 Å². The number of benzene rings is 3. The van der Waals surface area contributed by atoms with Gasteiger partial charge in [0.15, 0.2) is 0 Å². The number of ether oxygens (including phenoxy) is 2. The normalized spacial score (nSPS) is 13.1. The van der Waals surface area contributed by atoms with Crippen LogP contribution in [-0.4, -0.2) is 27.6 Å². The highest BCUT2D eigenvalue weighted by Gasteiger charge is 2.26. The molecule has 5 nitrogen and oxygen atoms in total. The van der Waals surface area contributed by atoms with Crippen molar-refractivity contribution in [3.05, 3.63) is 119 Å². The van der Waals surface area contributed by atoms with Crippen LogP contribution in [0.4, 0.5) is 0 Å². The average molecular weight is 449 g/mol. The zero-order valence-corrected chi connectivity index (χ0v) is 18.3. The van der Waals surface area contributed by atoms with Gasteiger partial charge >= 0.3 is 0 Å². The number of hydrogen-bond donors (Lipinski definition) is 1. The first kappa shape index (κ1) is 22.2. The van der Waals surface area contributed by atoms with Crippen molar-refractivity contribution >= 4 is 11.6 Å². The Morgan fingerprint density at radius 3 is 2.22 bits per heavy atom. The van der Waals surface area contributed by atoms with E-state index in [9.17, 15) is 5.11 Å². The molecule has 32 heavy (non-hydrogen) atoms. The van der Waals surface area contributed by atoms with E-state index in [0.29, 0.717) is 18.2 Å². The van der Waals surface area contributed by atoms with Crippen LogP contribution in [0.15, 0.2) is 97.2 Å². The van der Waals surface area contributed by atoms with Gasteiger partial charge in [0.25, 0.3) is 0 Å². The minimum Gasteiger partial charge on any atom is -0.388 e. The van der Waals surface area contributed by atoms with Crippen molar-refractivity contribution in [1.82, 2.24) is 9.78 Å². The van der Waals surface area contributed by atoms with E-state index < -0.39 is 12.2 Å². The largest absolute Gasteiger partial charge is 0.388 e. The van der Waals surface area contributed by atoms with Crippen LogP contribution in [0.1, 0.15) is 22.9 Å². The Kier molecular flexibility index (Phi) is 7.69. The van der Waals surface area contributed by atoms with Gasteiger partial charge in [0, 0.05) is 11.2 Å². The minimum atomic E-state index is -0.892. The maximum atomic E-state index is 11.0. The molecule has 0 aliphatic carbocycles. The van der Waals surface area contributed by atoms with Gasteiger partial charge in [0.2, 0.25) is 0 Å². The first-order valence-corrected chi connectivity index (χ1v) is 10.8. The maximum Gasteiger partial charge on any atom is 0.128 e. The molecule has 1 aromatic heterocycles. The van der Waals surface area contributed by atoms with E-state index in [-0.39, 0.29) is 6.61 Å². The molecular weight excluding hydrogens is 424 g/mol. The van der Waals surface area contributed by atoms with Gasteiger partial charge in [-0.1, -0.05) is 78.3 Å². The Hall–Kier alpha value is -2.96. The van der Waals surface area contributed by atoms with Crippen LogP contribution in [0.5, 0.6) is 0 Å². The second-order valence-electron chi connectivity index (χ2n) is 7.43. The van der Waals surface area contributed by atoms with Gasteiger partial charge in [-0.15, -0.1) is 0 Å². The summed E-state index contributed by atoms with van der Waals surface area (Å²) in [7, 11) is 0. The van der Waals surface area contributed by atoms with Gasteiger partial charge in [0.05, 0.1) is 31.2 Å². The number of hydrogen-bond acceptors (Lipinski definition) is 4. The van der Waals surface area contributed by atoms with Gasteiger partial charge in [-0.05, 0) is 35.4 Å². The Morgan fingerprint density at radius 2 is 1.53 bits per heavy atom. The highest BCUT2D eigenvalue weighted by Crippen LogP contribution is 2.27. The topological polar surface area (TPSA) is 56.5 Å². The summed E-state index contributed by atoms with van der Waals surface area (Å²) in [4.78, 5) is 0. The molecule has 0 amide bonds. The minimum absolute atomic E-state index is 0.120. The third kappa shape index (κ3) is 5.84. The lowest BCUT2D eigenvalue weighted by Crippen LogP contribution is -2.28. The SMILES string of the molecule is O[C@H](COCc1ccccc1)[C@@H](OCc1ccccc1)c1ccnn1-c1cccc(Cl)c1. The van der Waals surface area contributed by atoms with Gasteiger partial charge in [-0.3, -0.25) is 0 Å². The maximum absolute atomic E-state index is 11.0. The molecule has 0 radical (unpaired) electrons. The van der Waals surface area contributed by atoms with Crippen molar-refractivity contribution in [3.63, 3.8) is 0 Å². The van der Waals surface area contributed by atoms with Crippen molar-refractivity contribution in [3.8, 4) is 5.69 Å². The molecule has 1 heterocycles. The first-order chi connectivity index (χ1) is 15.7. The van der Waals surface area contributed by atoms with Crippen LogP contribution in [0.2, 0.25) is 5.02 Å². The summed E-state index contributed by atoms with van der Waals surface area (Å²) in [5, 5.41) is 16.1. The molecule has 0 spiro atoms. The fraction of sp³-hybridized carbons (Fsp3) is 0.192. The van der Waals surface area contributed by atoms with Crippen LogP contribution in [0.3, 0.4) is 0 Å². The molecule has 0 saturated carbocycles. The Labute approximate surface area is 192 Å². The zero-order valence-electron chi connectivity index (χ0n) is 17.5. The number of rotatable bonds is 10. The fourth-order valence-corrected chi connectivity index (χ4v) is 3.65. The molecule has 0 fully saturated rings. The van der Waals surface area contributed by atoms with E-state index in [1.54, 1.807) is 10.9 Å². The summed E-state index contributed by atoms with van der Waals surface area (Å²) in [6.07, 6.45) is 0.150. The van der Waals surface area contributed by atoms with Crippen LogP contribution < -0.4 is 0 Å². The molecule has 2 atom stereocenters. The first-order valence-electron chi connectivity index (χ1n) is 10.5. The van der Waals surface area contributed by atoms with E-state index >= 15 is 0 Å². The molecule has 0 bridgehead atoms.